The molecular formula is C13H18O3. The molecule has 1 aliphatic rings. The lowest BCUT2D eigenvalue weighted by atomic mass is 9.94. The number of benzene rings is 1. The molecule has 1 N–H and O–H groups in total. The molecule has 1 unspecified atom stereocenters. The second-order valence-electron chi connectivity index (χ2n) is 4.06. The number of hydrogen-bond donors (Lipinski definition) is 1. The van der Waals surface area contributed by atoms with E-state index < -0.39 is 0 Å². The highest BCUT2D eigenvalue weighted by atomic mass is 16.5. The number of aliphatic hydroxyl groups is 1. The molecule has 0 saturated carbocycles. The lowest BCUT2D eigenvalue weighted by Gasteiger charge is -2.22. The van der Waals surface area contributed by atoms with Crippen LogP contribution in [0.2, 0.25) is 0 Å². The first-order chi connectivity index (χ1) is 7.90. The fourth-order valence-electron chi connectivity index (χ4n) is 2.00. The van der Waals surface area contributed by atoms with Crippen molar-refractivity contribution < 1.29 is 14.6 Å². The van der Waals surface area contributed by atoms with Crippen LogP contribution in [0.1, 0.15) is 24.3 Å². The van der Waals surface area contributed by atoms with Crippen molar-refractivity contribution in [3.05, 3.63) is 29.8 Å². The lowest BCUT2D eigenvalue weighted by molar-refractivity contribution is 0.0804. The fraction of sp³-hybridized carbons (Fsp3) is 0.538. The van der Waals surface area contributed by atoms with E-state index in [1.165, 1.54) is 12.0 Å². The van der Waals surface area contributed by atoms with E-state index in [9.17, 15) is 0 Å². The number of aliphatic hydroxyl groups excluding tert-OH is 1. The molecular weight excluding hydrogens is 204 g/mol. The Balaban J connectivity index is 1.95. The Morgan fingerprint density at radius 1 is 1.31 bits per heavy atom. The van der Waals surface area contributed by atoms with Crippen LogP contribution in [0, 0.1) is 0 Å². The van der Waals surface area contributed by atoms with Gasteiger partial charge in [0.05, 0.1) is 13.2 Å². The molecule has 0 spiro atoms. The average molecular weight is 222 g/mol. The Bertz CT molecular complexity index is 301. The quantitative estimate of drug-likeness (QED) is 0.846. The van der Waals surface area contributed by atoms with E-state index >= 15 is 0 Å². The van der Waals surface area contributed by atoms with Crippen LogP contribution in [-0.4, -0.2) is 31.5 Å². The summed E-state index contributed by atoms with van der Waals surface area (Å²) in [6.45, 7) is 2.13. The van der Waals surface area contributed by atoms with Gasteiger partial charge in [-0.15, -0.1) is 0 Å². The Morgan fingerprint density at radius 3 is 2.75 bits per heavy atom. The van der Waals surface area contributed by atoms with E-state index in [1.807, 2.05) is 12.1 Å². The first-order valence-corrected chi connectivity index (χ1v) is 5.81. The second kappa shape index (κ2) is 5.87. The molecule has 0 radical (unpaired) electrons. The molecule has 0 aromatic heterocycles. The van der Waals surface area contributed by atoms with E-state index in [-0.39, 0.29) is 6.61 Å². The Morgan fingerprint density at radius 2 is 2.12 bits per heavy atom. The molecule has 1 aromatic carbocycles. The number of rotatable bonds is 4. The molecule has 3 heteroatoms. The summed E-state index contributed by atoms with van der Waals surface area (Å²) in [6, 6.07) is 8.09. The van der Waals surface area contributed by atoms with Gasteiger partial charge in [0.1, 0.15) is 12.4 Å². The van der Waals surface area contributed by atoms with E-state index in [4.69, 9.17) is 14.6 Å². The number of hydrogen-bond acceptors (Lipinski definition) is 3. The lowest BCUT2D eigenvalue weighted by Crippen LogP contribution is -2.15. The van der Waals surface area contributed by atoms with E-state index in [2.05, 4.69) is 12.1 Å². The first-order valence-electron chi connectivity index (χ1n) is 5.81. The summed E-state index contributed by atoms with van der Waals surface area (Å²) >= 11 is 0. The van der Waals surface area contributed by atoms with Crippen LogP contribution in [0.25, 0.3) is 0 Å². The van der Waals surface area contributed by atoms with Crippen LogP contribution in [-0.2, 0) is 4.74 Å². The van der Waals surface area contributed by atoms with Crippen LogP contribution in [0.3, 0.4) is 0 Å². The minimum Gasteiger partial charge on any atom is -0.491 e. The predicted octanol–water partition coefficient (Wildman–Crippen LogP) is 1.95. The van der Waals surface area contributed by atoms with Gasteiger partial charge in [-0.2, -0.15) is 0 Å². The van der Waals surface area contributed by atoms with Gasteiger partial charge in [-0.3, -0.25) is 0 Å². The van der Waals surface area contributed by atoms with Crippen molar-refractivity contribution in [2.24, 2.45) is 0 Å². The van der Waals surface area contributed by atoms with Gasteiger partial charge in [0, 0.05) is 12.5 Å². The first kappa shape index (κ1) is 11.4. The van der Waals surface area contributed by atoms with Crippen molar-refractivity contribution in [2.45, 2.75) is 18.8 Å². The summed E-state index contributed by atoms with van der Waals surface area (Å²) in [4.78, 5) is 0. The van der Waals surface area contributed by atoms with Gasteiger partial charge in [0.2, 0.25) is 0 Å². The molecule has 3 nitrogen and oxygen atoms in total. The molecule has 16 heavy (non-hydrogen) atoms. The summed E-state index contributed by atoms with van der Waals surface area (Å²) in [7, 11) is 0. The zero-order valence-electron chi connectivity index (χ0n) is 9.39. The standard InChI is InChI=1S/C13H18O3/c14-7-9-16-13-5-3-11(4-6-13)12-2-1-8-15-10-12/h3-6,12,14H,1-2,7-10H2. The van der Waals surface area contributed by atoms with E-state index in [1.54, 1.807) is 0 Å². The third-order valence-corrected chi connectivity index (χ3v) is 2.87. The van der Waals surface area contributed by atoms with Gasteiger partial charge in [-0.1, -0.05) is 12.1 Å². The molecule has 0 bridgehead atoms. The van der Waals surface area contributed by atoms with E-state index in [0.717, 1.165) is 25.4 Å². The molecule has 1 saturated heterocycles. The molecule has 1 atom stereocenters. The van der Waals surface area contributed by atoms with Gasteiger partial charge in [-0.05, 0) is 30.5 Å². The van der Waals surface area contributed by atoms with Crippen LogP contribution < -0.4 is 4.74 Å². The smallest absolute Gasteiger partial charge is 0.119 e. The SMILES string of the molecule is OCCOc1ccc(C2CCCOC2)cc1. The third kappa shape index (κ3) is 2.97. The van der Waals surface area contributed by atoms with Crippen LogP contribution in [0.5, 0.6) is 5.75 Å². The van der Waals surface area contributed by atoms with Gasteiger partial charge in [-0.25, -0.2) is 0 Å². The maximum Gasteiger partial charge on any atom is 0.119 e. The average Bonchev–Trinajstić information content (AvgIpc) is 2.38. The Kier molecular flexibility index (Phi) is 4.19. The van der Waals surface area contributed by atoms with Crippen LogP contribution in [0.4, 0.5) is 0 Å². The zero-order valence-corrected chi connectivity index (χ0v) is 9.39. The van der Waals surface area contributed by atoms with Crippen molar-refractivity contribution in [1.29, 1.82) is 0 Å². The van der Waals surface area contributed by atoms with Crippen molar-refractivity contribution in [3.63, 3.8) is 0 Å². The minimum atomic E-state index is 0.0538. The van der Waals surface area contributed by atoms with Gasteiger partial charge >= 0.3 is 0 Å². The topological polar surface area (TPSA) is 38.7 Å². The minimum absolute atomic E-state index is 0.0538. The molecule has 1 aliphatic heterocycles. The molecule has 0 amide bonds. The monoisotopic (exact) mass is 222 g/mol. The highest BCUT2D eigenvalue weighted by Crippen LogP contribution is 2.26. The molecule has 1 fully saturated rings. The normalized spacial score (nSPS) is 20.7. The predicted molar refractivity (Wildman–Crippen MR) is 61.8 cm³/mol. The second-order valence-corrected chi connectivity index (χ2v) is 4.06. The summed E-state index contributed by atoms with van der Waals surface area (Å²) in [5.74, 6) is 1.34. The summed E-state index contributed by atoms with van der Waals surface area (Å²) in [5.41, 5.74) is 1.32. The van der Waals surface area contributed by atoms with Gasteiger partial charge in [0.15, 0.2) is 0 Å². The summed E-state index contributed by atoms with van der Waals surface area (Å²) < 4.78 is 10.8. The fourth-order valence-corrected chi connectivity index (χ4v) is 2.00. The van der Waals surface area contributed by atoms with Crippen molar-refractivity contribution in [3.8, 4) is 5.75 Å². The van der Waals surface area contributed by atoms with Gasteiger partial charge < -0.3 is 14.6 Å². The van der Waals surface area contributed by atoms with Crippen molar-refractivity contribution >= 4 is 0 Å². The highest BCUT2D eigenvalue weighted by molar-refractivity contribution is 5.29. The highest BCUT2D eigenvalue weighted by Gasteiger charge is 2.15. The van der Waals surface area contributed by atoms with Crippen molar-refractivity contribution in [1.82, 2.24) is 0 Å². The maximum absolute atomic E-state index is 8.64. The van der Waals surface area contributed by atoms with Gasteiger partial charge in [0.25, 0.3) is 0 Å². The Hall–Kier alpha value is -1.06. The molecule has 1 aromatic rings. The summed E-state index contributed by atoms with van der Waals surface area (Å²) in [5, 5.41) is 8.64. The number of ether oxygens (including phenoxy) is 2. The molecule has 88 valence electrons. The van der Waals surface area contributed by atoms with Crippen LogP contribution in [0.15, 0.2) is 24.3 Å². The summed E-state index contributed by atoms with van der Waals surface area (Å²) in [6.07, 6.45) is 2.35. The van der Waals surface area contributed by atoms with Crippen LogP contribution >= 0.6 is 0 Å². The largest absolute Gasteiger partial charge is 0.491 e. The maximum atomic E-state index is 8.64. The third-order valence-electron chi connectivity index (χ3n) is 2.87. The molecule has 1 heterocycles. The zero-order chi connectivity index (χ0) is 11.2. The van der Waals surface area contributed by atoms with Crippen molar-refractivity contribution in [2.75, 3.05) is 26.4 Å². The van der Waals surface area contributed by atoms with E-state index in [0.29, 0.717) is 12.5 Å². The Labute approximate surface area is 96.0 Å². The molecule has 2 rings (SSSR count). The molecule has 0 aliphatic carbocycles.